The van der Waals surface area contributed by atoms with E-state index in [1.54, 1.807) is 0 Å². The molecular weight excluding hydrogens is 202 g/mol. The molecule has 3 heteroatoms. The van der Waals surface area contributed by atoms with E-state index in [0.717, 1.165) is 6.17 Å². The number of aliphatic hydroxyl groups excluding tert-OH is 1. The zero-order chi connectivity index (χ0) is 11.3. The fraction of sp³-hybridized carbons (Fsp3) is 0.500. The van der Waals surface area contributed by atoms with Gasteiger partial charge >= 0.3 is 0 Å². The molecule has 15 heavy (non-hydrogen) atoms. The SMILES string of the molecule is C[Si](C)(C)CN[C@@H](CO)c1ccccc1. The van der Waals surface area contributed by atoms with Gasteiger partial charge in [0.15, 0.2) is 0 Å². The van der Waals surface area contributed by atoms with Crippen LogP contribution in [-0.2, 0) is 0 Å². The molecule has 0 spiro atoms. The minimum Gasteiger partial charge on any atom is -0.394 e. The van der Waals surface area contributed by atoms with Crippen molar-refractivity contribution in [3.8, 4) is 0 Å². The molecule has 84 valence electrons. The molecule has 0 aliphatic heterocycles. The van der Waals surface area contributed by atoms with Crippen LogP contribution in [0, 0.1) is 0 Å². The third-order valence-electron chi connectivity index (χ3n) is 2.26. The van der Waals surface area contributed by atoms with Gasteiger partial charge in [-0.25, -0.2) is 0 Å². The zero-order valence-electron chi connectivity index (χ0n) is 9.83. The number of hydrogen-bond donors (Lipinski definition) is 2. The van der Waals surface area contributed by atoms with Crippen LogP contribution in [0.2, 0.25) is 19.6 Å². The Morgan fingerprint density at radius 3 is 2.27 bits per heavy atom. The predicted octanol–water partition coefficient (Wildman–Crippen LogP) is 2.19. The number of nitrogens with one attached hydrogen (secondary N) is 1. The van der Waals surface area contributed by atoms with E-state index in [1.807, 2.05) is 18.2 Å². The van der Waals surface area contributed by atoms with Gasteiger partial charge in [-0.3, -0.25) is 0 Å². The summed E-state index contributed by atoms with van der Waals surface area (Å²) >= 11 is 0. The molecule has 0 saturated carbocycles. The van der Waals surface area contributed by atoms with Crippen LogP contribution in [0.25, 0.3) is 0 Å². The summed E-state index contributed by atoms with van der Waals surface area (Å²) in [6, 6.07) is 10.2. The highest BCUT2D eigenvalue weighted by molar-refractivity contribution is 6.76. The Labute approximate surface area is 93.3 Å². The van der Waals surface area contributed by atoms with Gasteiger partial charge in [-0.2, -0.15) is 0 Å². The topological polar surface area (TPSA) is 32.3 Å². The third-order valence-corrected chi connectivity index (χ3v) is 3.53. The maximum Gasteiger partial charge on any atom is 0.0626 e. The van der Waals surface area contributed by atoms with E-state index in [-0.39, 0.29) is 12.6 Å². The molecule has 0 aromatic heterocycles. The molecule has 1 atom stereocenters. The summed E-state index contributed by atoms with van der Waals surface area (Å²) in [6.45, 7) is 7.12. The van der Waals surface area contributed by atoms with E-state index < -0.39 is 8.07 Å². The van der Waals surface area contributed by atoms with Gasteiger partial charge in [0.2, 0.25) is 0 Å². The lowest BCUT2D eigenvalue weighted by Gasteiger charge is -2.22. The third kappa shape index (κ3) is 4.60. The lowest BCUT2D eigenvalue weighted by Crippen LogP contribution is -2.39. The fourth-order valence-electron chi connectivity index (χ4n) is 1.40. The van der Waals surface area contributed by atoms with Crippen molar-refractivity contribution >= 4 is 8.07 Å². The van der Waals surface area contributed by atoms with Crippen LogP contribution in [0.3, 0.4) is 0 Å². The summed E-state index contributed by atoms with van der Waals surface area (Å²) in [5.41, 5.74) is 1.17. The van der Waals surface area contributed by atoms with Crippen LogP contribution in [0.15, 0.2) is 30.3 Å². The van der Waals surface area contributed by atoms with Gasteiger partial charge in [0.05, 0.1) is 20.7 Å². The molecule has 0 aliphatic carbocycles. The average Bonchev–Trinajstić information content (AvgIpc) is 2.19. The minimum atomic E-state index is -1.09. The Kier molecular flexibility index (Phi) is 4.51. The monoisotopic (exact) mass is 223 g/mol. The second-order valence-electron chi connectivity index (χ2n) is 5.09. The molecule has 1 rings (SSSR count). The summed E-state index contributed by atoms with van der Waals surface area (Å²) in [5, 5.41) is 12.8. The summed E-state index contributed by atoms with van der Waals surface area (Å²) < 4.78 is 0. The molecule has 0 fully saturated rings. The van der Waals surface area contributed by atoms with Crippen molar-refractivity contribution in [2.45, 2.75) is 25.7 Å². The molecule has 0 saturated heterocycles. The molecule has 0 amide bonds. The van der Waals surface area contributed by atoms with Gasteiger partial charge in [-0.1, -0.05) is 50.0 Å². The largest absolute Gasteiger partial charge is 0.394 e. The number of aliphatic hydroxyl groups is 1. The van der Waals surface area contributed by atoms with E-state index in [0.29, 0.717) is 0 Å². The zero-order valence-corrected chi connectivity index (χ0v) is 10.8. The van der Waals surface area contributed by atoms with Gasteiger partial charge in [-0.05, 0) is 11.7 Å². The second kappa shape index (κ2) is 5.44. The molecule has 1 aromatic rings. The van der Waals surface area contributed by atoms with E-state index in [2.05, 4.69) is 37.1 Å². The number of benzene rings is 1. The molecule has 0 aliphatic rings. The van der Waals surface area contributed by atoms with Gasteiger partial charge in [0.25, 0.3) is 0 Å². The Morgan fingerprint density at radius 2 is 1.80 bits per heavy atom. The highest BCUT2D eigenvalue weighted by Crippen LogP contribution is 2.12. The van der Waals surface area contributed by atoms with Gasteiger partial charge in [0, 0.05) is 0 Å². The Balaban J connectivity index is 2.58. The first-order chi connectivity index (χ1) is 7.03. The molecule has 2 N–H and O–H groups in total. The van der Waals surface area contributed by atoms with Crippen molar-refractivity contribution < 1.29 is 5.11 Å². The van der Waals surface area contributed by atoms with Crippen molar-refractivity contribution in [1.29, 1.82) is 0 Å². The lowest BCUT2D eigenvalue weighted by molar-refractivity contribution is 0.249. The molecule has 0 heterocycles. The molecule has 0 bridgehead atoms. The van der Waals surface area contributed by atoms with Crippen molar-refractivity contribution in [3.05, 3.63) is 35.9 Å². The molecule has 1 aromatic carbocycles. The van der Waals surface area contributed by atoms with Crippen molar-refractivity contribution in [3.63, 3.8) is 0 Å². The first kappa shape index (κ1) is 12.4. The van der Waals surface area contributed by atoms with Crippen molar-refractivity contribution in [2.75, 3.05) is 12.8 Å². The maximum atomic E-state index is 9.33. The molecule has 2 nitrogen and oxygen atoms in total. The first-order valence-corrected chi connectivity index (χ1v) is 9.13. The normalized spacial score (nSPS) is 13.9. The predicted molar refractivity (Wildman–Crippen MR) is 67.6 cm³/mol. The van der Waals surface area contributed by atoms with Gasteiger partial charge in [0.1, 0.15) is 0 Å². The van der Waals surface area contributed by atoms with Gasteiger partial charge < -0.3 is 10.4 Å². The first-order valence-electron chi connectivity index (χ1n) is 5.42. The second-order valence-corrected chi connectivity index (χ2v) is 10.6. The summed E-state index contributed by atoms with van der Waals surface area (Å²) in [6.07, 6.45) is 1.03. The Hall–Kier alpha value is -0.643. The van der Waals surface area contributed by atoms with Crippen molar-refractivity contribution in [1.82, 2.24) is 5.32 Å². The lowest BCUT2D eigenvalue weighted by atomic mass is 10.1. The smallest absolute Gasteiger partial charge is 0.0626 e. The van der Waals surface area contributed by atoms with Crippen LogP contribution in [-0.4, -0.2) is 26.0 Å². The summed E-state index contributed by atoms with van der Waals surface area (Å²) in [7, 11) is -1.09. The van der Waals surface area contributed by atoms with E-state index >= 15 is 0 Å². The highest BCUT2D eigenvalue weighted by Gasteiger charge is 2.16. The molecular formula is C12H21NOSi. The van der Waals surface area contributed by atoms with Crippen LogP contribution in [0.5, 0.6) is 0 Å². The standard InChI is InChI=1S/C12H21NOSi/c1-15(2,3)10-13-12(9-14)11-7-5-4-6-8-11/h4-8,12-14H,9-10H2,1-3H3/t12-/m0/s1. The van der Waals surface area contributed by atoms with Crippen LogP contribution < -0.4 is 5.32 Å². The van der Waals surface area contributed by atoms with E-state index in [1.165, 1.54) is 5.56 Å². The van der Waals surface area contributed by atoms with Crippen LogP contribution >= 0.6 is 0 Å². The number of hydrogen-bond acceptors (Lipinski definition) is 2. The fourth-order valence-corrected chi connectivity index (χ4v) is 2.26. The molecule has 0 radical (unpaired) electrons. The van der Waals surface area contributed by atoms with Crippen LogP contribution in [0.4, 0.5) is 0 Å². The van der Waals surface area contributed by atoms with E-state index in [4.69, 9.17) is 0 Å². The van der Waals surface area contributed by atoms with Crippen molar-refractivity contribution in [2.24, 2.45) is 0 Å². The molecule has 0 unspecified atom stereocenters. The number of rotatable bonds is 5. The quantitative estimate of drug-likeness (QED) is 0.750. The highest BCUT2D eigenvalue weighted by atomic mass is 28.3. The maximum absolute atomic E-state index is 9.33. The van der Waals surface area contributed by atoms with E-state index in [9.17, 15) is 5.11 Å². The Bertz CT molecular complexity index is 281. The Morgan fingerprint density at radius 1 is 1.20 bits per heavy atom. The minimum absolute atomic E-state index is 0.0814. The summed E-state index contributed by atoms with van der Waals surface area (Å²) in [5.74, 6) is 0. The van der Waals surface area contributed by atoms with Gasteiger partial charge in [-0.15, -0.1) is 0 Å². The summed E-state index contributed by atoms with van der Waals surface area (Å²) in [4.78, 5) is 0. The average molecular weight is 223 g/mol. The van der Waals surface area contributed by atoms with Crippen LogP contribution in [0.1, 0.15) is 11.6 Å².